The van der Waals surface area contributed by atoms with Gasteiger partial charge in [0.2, 0.25) is 12.5 Å². The maximum absolute atomic E-state index is 12.7. The third-order valence-electron chi connectivity index (χ3n) is 3.03. The topological polar surface area (TPSA) is 87.2 Å². The van der Waals surface area contributed by atoms with Crippen molar-refractivity contribution in [2.75, 3.05) is 11.7 Å². The number of hydrogen-bond acceptors (Lipinski definition) is 7. The summed E-state index contributed by atoms with van der Waals surface area (Å²) in [6.45, 7) is 11.7. The molecule has 1 aliphatic rings. The molecule has 2 heterocycles. The van der Waals surface area contributed by atoms with Crippen LogP contribution in [0.25, 0.3) is 0 Å². The minimum absolute atomic E-state index is 0.0391. The van der Waals surface area contributed by atoms with Crippen LogP contribution in [0.1, 0.15) is 47.1 Å². The van der Waals surface area contributed by atoms with E-state index in [-0.39, 0.29) is 29.3 Å². The van der Waals surface area contributed by atoms with Gasteiger partial charge in [-0.25, -0.2) is 9.59 Å². The van der Waals surface area contributed by atoms with Gasteiger partial charge in [-0.2, -0.15) is 9.88 Å². The first kappa shape index (κ1) is 20.1. The summed E-state index contributed by atoms with van der Waals surface area (Å²) in [5, 5.41) is 0.194. The van der Waals surface area contributed by atoms with Gasteiger partial charge in [0.25, 0.3) is 5.88 Å². The van der Waals surface area contributed by atoms with Gasteiger partial charge in [0.05, 0.1) is 5.02 Å². The average molecular weight is 387 g/mol. The Balaban J connectivity index is 2.52. The zero-order valence-corrected chi connectivity index (χ0v) is 16.7. The normalized spacial score (nSPS) is 13.4. The van der Waals surface area contributed by atoms with Crippen molar-refractivity contribution in [3.05, 3.63) is 10.6 Å². The van der Waals surface area contributed by atoms with Crippen molar-refractivity contribution in [3.63, 3.8) is 0 Å². The van der Waals surface area contributed by atoms with Gasteiger partial charge in [-0.1, -0.05) is 11.6 Å². The number of carbonyl (C=O) groups excluding carboxylic acids is 2. The summed E-state index contributed by atoms with van der Waals surface area (Å²) in [4.78, 5) is 30.3. The zero-order valence-electron chi connectivity index (χ0n) is 15.9. The Hall–Kier alpha value is -2.22. The largest absolute Gasteiger partial charge is 0.450 e. The van der Waals surface area contributed by atoms with E-state index in [0.29, 0.717) is 10.5 Å². The minimum atomic E-state index is -0.933. The number of carbonyl (C=O) groups is 2. The molecule has 144 valence electrons. The maximum atomic E-state index is 12.7. The first-order valence-electron chi connectivity index (χ1n) is 8.02. The number of fused-ring (bicyclic) bond motifs is 1. The third-order valence-corrected chi connectivity index (χ3v) is 3.48. The second kappa shape index (κ2) is 6.83. The molecule has 1 aliphatic heterocycles. The molecule has 8 nitrogen and oxygen atoms in total. The first-order chi connectivity index (χ1) is 11.8. The highest BCUT2D eigenvalue weighted by Crippen LogP contribution is 2.43. The molecular formula is C17H23ClN2O6. The van der Waals surface area contributed by atoms with E-state index in [1.165, 1.54) is 0 Å². The van der Waals surface area contributed by atoms with Crippen molar-refractivity contribution < 1.29 is 28.5 Å². The van der Waals surface area contributed by atoms with Crippen LogP contribution in [0.5, 0.6) is 11.6 Å². The molecule has 2 rings (SSSR count). The van der Waals surface area contributed by atoms with Crippen LogP contribution in [0.2, 0.25) is 5.02 Å². The third kappa shape index (κ3) is 4.49. The zero-order chi connectivity index (χ0) is 19.9. The molecule has 0 spiro atoms. The monoisotopic (exact) mass is 386 g/mol. The fourth-order valence-electron chi connectivity index (χ4n) is 2.04. The lowest BCUT2D eigenvalue weighted by atomic mass is 10.2. The highest BCUT2D eigenvalue weighted by Gasteiger charge is 2.37. The molecule has 0 saturated heterocycles. The molecule has 0 N–H and O–H groups in total. The van der Waals surface area contributed by atoms with E-state index in [1.54, 1.807) is 48.5 Å². The smallest absolute Gasteiger partial charge is 0.425 e. The van der Waals surface area contributed by atoms with Crippen LogP contribution in [0.15, 0.2) is 0 Å². The molecule has 0 atom stereocenters. The van der Waals surface area contributed by atoms with Gasteiger partial charge in [-0.15, -0.1) is 0 Å². The van der Waals surface area contributed by atoms with Gasteiger partial charge in [0.15, 0.2) is 5.82 Å². The van der Waals surface area contributed by atoms with E-state index in [1.807, 2.05) is 0 Å². The SMILES string of the molecule is Cc1c(N(C(=O)OC(C)(C)C)C(=O)OC(C)(C)C)nc2c(c1Cl)OCO2. The van der Waals surface area contributed by atoms with E-state index in [9.17, 15) is 9.59 Å². The summed E-state index contributed by atoms with van der Waals surface area (Å²) < 4.78 is 21.2. The van der Waals surface area contributed by atoms with E-state index in [2.05, 4.69) is 4.98 Å². The molecule has 0 unspecified atom stereocenters. The second-order valence-corrected chi connectivity index (χ2v) is 8.09. The van der Waals surface area contributed by atoms with Gasteiger partial charge in [0, 0.05) is 5.56 Å². The molecule has 26 heavy (non-hydrogen) atoms. The van der Waals surface area contributed by atoms with Gasteiger partial charge in [-0.3, -0.25) is 0 Å². The highest BCUT2D eigenvalue weighted by molar-refractivity contribution is 6.33. The van der Waals surface area contributed by atoms with Gasteiger partial charge < -0.3 is 18.9 Å². The van der Waals surface area contributed by atoms with E-state index in [4.69, 9.17) is 30.5 Å². The van der Waals surface area contributed by atoms with Gasteiger partial charge in [0.1, 0.15) is 11.2 Å². The molecule has 1 aromatic rings. The number of anilines is 1. The molecule has 9 heteroatoms. The summed E-state index contributed by atoms with van der Waals surface area (Å²) in [6, 6.07) is 0. The quantitative estimate of drug-likeness (QED) is 0.704. The summed E-state index contributed by atoms with van der Waals surface area (Å²) in [6.07, 6.45) is -1.87. The van der Waals surface area contributed by atoms with Crippen molar-refractivity contribution in [1.82, 2.24) is 4.98 Å². The fraction of sp³-hybridized carbons (Fsp3) is 0.588. The second-order valence-electron chi connectivity index (χ2n) is 7.71. The lowest BCUT2D eigenvalue weighted by Gasteiger charge is -2.28. The van der Waals surface area contributed by atoms with Crippen LogP contribution in [0.4, 0.5) is 15.4 Å². The highest BCUT2D eigenvalue weighted by atomic mass is 35.5. The van der Waals surface area contributed by atoms with Gasteiger partial charge >= 0.3 is 12.2 Å². The Morgan fingerprint density at radius 1 is 1.04 bits per heavy atom. The molecule has 0 aromatic carbocycles. The van der Waals surface area contributed by atoms with Crippen LogP contribution in [-0.4, -0.2) is 35.2 Å². The lowest BCUT2D eigenvalue weighted by Crippen LogP contribution is -2.44. The number of aromatic nitrogens is 1. The van der Waals surface area contributed by atoms with Gasteiger partial charge in [-0.05, 0) is 48.5 Å². The predicted octanol–water partition coefficient (Wildman–Crippen LogP) is 4.45. The molecule has 0 fully saturated rings. The van der Waals surface area contributed by atoms with Crippen molar-refractivity contribution in [2.45, 2.75) is 59.7 Å². The number of ether oxygens (including phenoxy) is 4. The Bertz CT molecular complexity index is 708. The van der Waals surface area contributed by atoms with E-state index < -0.39 is 23.4 Å². The maximum Gasteiger partial charge on any atom is 0.425 e. The van der Waals surface area contributed by atoms with Crippen LogP contribution in [-0.2, 0) is 9.47 Å². The molecule has 0 radical (unpaired) electrons. The van der Waals surface area contributed by atoms with Crippen LogP contribution >= 0.6 is 11.6 Å². The number of amides is 2. The van der Waals surface area contributed by atoms with Crippen LogP contribution in [0.3, 0.4) is 0 Å². The first-order valence-corrected chi connectivity index (χ1v) is 8.40. The van der Waals surface area contributed by atoms with Crippen LogP contribution < -0.4 is 14.4 Å². The molecule has 2 amide bonds. The molecule has 1 aromatic heterocycles. The van der Waals surface area contributed by atoms with Crippen molar-refractivity contribution in [3.8, 4) is 11.6 Å². The number of rotatable bonds is 1. The lowest BCUT2D eigenvalue weighted by molar-refractivity contribution is 0.0428. The summed E-state index contributed by atoms with van der Waals surface area (Å²) in [7, 11) is 0. The number of imide groups is 1. The average Bonchev–Trinajstić information content (AvgIpc) is 2.88. The van der Waals surface area contributed by atoms with Crippen molar-refractivity contribution >= 4 is 29.6 Å². The number of nitrogens with zero attached hydrogens (tertiary/aromatic N) is 2. The standard InChI is InChI=1S/C17H23ClN2O6/c1-9-10(18)11-13(24-8-23-11)19-12(9)20(14(21)25-16(2,3)4)15(22)26-17(5,6)7/h8H2,1-7H3. The molecule has 0 bridgehead atoms. The van der Waals surface area contributed by atoms with E-state index >= 15 is 0 Å². The van der Waals surface area contributed by atoms with Crippen molar-refractivity contribution in [2.24, 2.45) is 0 Å². The molecular weight excluding hydrogens is 364 g/mol. The van der Waals surface area contributed by atoms with Crippen LogP contribution in [0, 0.1) is 6.92 Å². The van der Waals surface area contributed by atoms with E-state index in [0.717, 1.165) is 0 Å². The Labute approximate surface area is 157 Å². The molecule has 0 aliphatic carbocycles. The minimum Gasteiger partial charge on any atom is -0.450 e. The van der Waals surface area contributed by atoms with Crippen molar-refractivity contribution in [1.29, 1.82) is 0 Å². The predicted molar refractivity (Wildman–Crippen MR) is 95.1 cm³/mol. The number of hydrogen-bond donors (Lipinski definition) is 0. The Morgan fingerprint density at radius 2 is 1.54 bits per heavy atom. The number of halogens is 1. The number of pyridine rings is 1. The fourth-order valence-corrected chi connectivity index (χ4v) is 2.26. The summed E-state index contributed by atoms with van der Waals surface area (Å²) >= 11 is 6.29. The Morgan fingerprint density at radius 3 is 2.00 bits per heavy atom. The summed E-state index contributed by atoms with van der Waals surface area (Å²) in [5.41, 5.74) is -1.30. The Kier molecular flexibility index (Phi) is 5.28. The summed E-state index contributed by atoms with van der Waals surface area (Å²) in [5.74, 6) is 0.316. The molecule has 0 saturated carbocycles.